The molecule has 0 unspecified atom stereocenters. The first-order chi connectivity index (χ1) is 10.7. The Bertz CT molecular complexity index is 631. The Morgan fingerprint density at radius 1 is 1.14 bits per heavy atom. The van der Waals surface area contributed by atoms with Crippen LogP contribution in [0.1, 0.15) is 24.1 Å². The van der Waals surface area contributed by atoms with Crippen molar-refractivity contribution in [1.82, 2.24) is 10.2 Å². The van der Waals surface area contributed by atoms with E-state index in [0.29, 0.717) is 6.54 Å². The molecule has 0 aliphatic carbocycles. The lowest BCUT2D eigenvalue weighted by molar-refractivity contribution is 0.176. The Labute approximate surface area is 132 Å². The van der Waals surface area contributed by atoms with Crippen molar-refractivity contribution in [2.24, 2.45) is 0 Å². The SMILES string of the molecule is C#CCNC(=O)N(Cc1ccccc1)[C@H](C)c1ccccc1. The fourth-order valence-corrected chi connectivity index (χ4v) is 2.30. The summed E-state index contributed by atoms with van der Waals surface area (Å²) in [4.78, 5) is 14.2. The Morgan fingerprint density at radius 2 is 1.73 bits per heavy atom. The molecule has 0 aliphatic rings. The van der Waals surface area contributed by atoms with Gasteiger partial charge in [-0.2, -0.15) is 0 Å². The van der Waals surface area contributed by atoms with E-state index in [9.17, 15) is 4.79 Å². The van der Waals surface area contributed by atoms with E-state index in [-0.39, 0.29) is 18.6 Å². The molecule has 0 radical (unpaired) electrons. The summed E-state index contributed by atoms with van der Waals surface area (Å²) in [6.45, 7) is 2.78. The molecule has 0 saturated carbocycles. The number of carbonyl (C=O) groups excluding carboxylic acids is 1. The van der Waals surface area contributed by atoms with E-state index in [2.05, 4.69) is 11.2 Å². The number of terminal acetylenes is 1. The Morgan fingerprint density at radius 3 is 2.32 bits per heavy atom. The van der Waals surface area contributed by atoms with Crippen LogP contribution in [0.15, 0.2) is 60.7 Å². The highest BCUT2D eigenvalue weighted by atomic mass is 16.2. The average molecular weight is 292 g/mol. The van der Waals surface area contributed by atoms with Gasteiger partial charge in [0.1, 0.15) is 0 Å². The molecule has 2 amide bonds. The van der Waals surface area contributed by atoms with Crippen molar-refractivity contribution < 1.29 is 4.79 Å². The molecule has 0 heterocycles. The maximum Gasteiger partial charge on any atom is 0.318 e. The van der Waals surface area contributed by atoms with Crippen LogP contribution in [-0.4, -0.2) is 17.5 Å². The van der Waals surface area contributed by atoms with Crippen LogP contribution in [0.3, 0.4) is 0 Å². The zero-order chi connectivity index (χ0) is 15.8. The second kappa shape index (κ2) is 7.90. The summed E-state index contributed by atoms with van der Waals surface area (Å²) in [6.07, 6.45) is 5.23. The third-order valence-electron chi connectivity index (χ3n) is 3.55. The Hall–Kier alpha value is -2.73. The molecule has 0 fully saturated rings. The van der Waals surface area contributed by atoms with Gasteiger partial charge in [0.15, 0.2) is 0 Å². The van der Waals surface area contributed by atoms with E-state index in [1.807, 2.05) is 67.6 Å². The Balaban J connectivity index is 2.21. The summed E-state index contributed by atoms with van der Waals surface area (Å²) >= 11 is 0. The lowest BCUT2D eigenvalue weighted by Gasteiger charge is -2.29. The summed E-state index contributed by atoms with van der Waals surface area (Å²) in [5.74, 6) is 2.44. The van der Waals surface area contributed by atoms with Gasteiger partial charge in [0.05, 0.1) is 12.6 Å². The van der Waals surface area contributed by atoms with Gasteiger partial charge >= 0.3 is 6.03 Å². The third-order valence-corrected chi connectivity index (χ3v) is 3.55. The van der Waals surface area contributed by atoms with Crippen LogP contribution in [0.2, 0.25) is 0 Å². The van der Waals surface area contributed by atoms with Crippen molar-refractivity contribution in [1.29, 1.82) is 0 Å². The quantitative estimate of drug-likeness (QED) is 0.839. The molecular weight excluding hydrogens is 272 g/mol. The molecule has 112 valence electrons. The van der Waals surface area contributed by atoms with Crippen LogP contribution in [-0.2, 0) is 6.54 Å². The largest absolute Gasteiger partial charge is 0.327 e. The molecule has 1 N–H and O–H groups in total. The van der Waals surface area contributed by atoms with Crippen LogP contribution < -0.4 is 5.32 Å². The third kappa shape index (κ3) is 4.13. The maximum atomic E-state index is 12.4. The molecule has 2 aromatic carbocycles. The minimum Gasteiger partial charge on any atom is -0.327 e. The number of hydrogen-bond acceptors (Lipinski definition) is 1. The zero-order valence-electron chi connectivity index (χ0n) is 12.7. The molecule has 2 aromatic rings. The van der Waals surface area contributed by atoms with Crippen LogP contribution in [0, 0.1) is 12.3 Å². The lowest BCUT2D eigenvalue weighted by atomic mass is 10.1. The Kier molecular flexibility index (Phi) is 5.62. The molecule has 0 aromatic heterocycles. The van der Waals surface area contributed by atoms with Crippen LogP contribution in [0.5, 0.6) is 0 Å². The van der Waals surface area contributed by atoms with E-state index >= 15 is 0 Å². The fourth-order valence-electron chi connectivity index (χ4n) is 2.30. The van der Waals surface area contributed by atoms with Gasteiger partial charge in [-0.15, -0.1) is 6.42 Å². The zero-order valence-corrected chi connectivity index (χ0v) is 12.7. The van der Waals surface area contributed by atoms with Gasteiger partial charge < -0.3 is 10.2 Å². The molecule has 3 heteroatoms. The van der Waals surface area contributed by atoms with Gasteiger partial charge in [-0.1, -0.05) is 66.6 Å². The number of nitrogens with zero attached hydrogens (tertiary/aromatic N) is 1. The molecule has 1 atom stereocenters. The van der Waals surface area contributed by atoms with Crippen LogP contribution >= 0.6 is 0 Å². The maximum absolute atomic E-state index is 12.4. The van der Waals surface area contributed by atoms with E-state index in [0.717, 1.165) is 11.1 Å². The summed E-state index contributed by atoms with van der Waals surface area (Å²) < 4.78 is 0. The number of hydrogen-bond donors (Lipinski definition) is 1. The summed E-state index contributed by atoms with van der Waals surface area (Å²) in [7, 11) is 0. The molecule has 0 spiro atoms. The minimum atomic E-state index is -0.154. The average Bonchev–Trinajstić information content (AvgIpc) is 2.58. The predicted molar refractivity (Wildman–Crippen MR) is 89.1 cm³/mol. The second-order valence-corrected chi connectivity index (χ2v) is 5.06. The van der Waals surface area contributed by atoms with Crippen molar-refractivity contribution >= 4 is 6.03 Å². The highest BCUT2D eigenvalue weighted by molar-refractivity contribution is 5.75. The van der Waals surface area contributed by atoms with Gasteiger partial charge in [0.2, 0.25) is 0 Å². The second-order valence-electron chi connectivity index (χ2n) is 5.06. The van der Waals surface area contributed by atoms with Crippen molar-refractivity contribution in [3.05, 3.63) is 71.8 Å². The van der Waals surface area contributed by atoms with Gasteiger partial charge in [-0.05, 0) is 18.1 Å². The monoisotopic (exact) mass is 292 g/mol. The molecule has 2 rings (SSSR count). The van der Waals surface area contributed by atoms with Gasteiger partial charge in [-0.25, -0.2) is 4.79 Å². The summed E-state index contributed by atoms with van der Waals surface area (Å²) in [6, 6.07) is 19.7. The number of amides is 2. The van der Waals surface area contributed by atoms with E-state index in [1.165, 1.54) is 0 Å². The van der Waals surface area contributed by atoms with Gasteiger partial charge in [0.25, 0.3) is 0 Å². The van der Waals surface area contributed by atoms with Crippen LogP contribution in [0.25, 0.3) is 0 Å². The van der Waals surface area contributed by atoms with Gasteiger partial charge in [-0.3, -0.25) is 0 Å². The predicted octanol–water partition coefficient (Wildman–Crippen LogP) is 3.59. The lowest BCUT2D eigenvalue weighted by Crippen LogP contribution is -2.41. The van der Waals surface area contributed by atoms with Crippen molar-refractivity contribution in [3.63, 3.8) is 0 Å². The number of carbonyl (C=O) groups is 1. The highest BCUT2D eigenvalue weighted by Crippen LogP contribution is 2.22. The van der Waals surface area contributed by atoms with E-state index in [4.69, 9.17) is 6.42 Å². The smallest absolute Gasteiger partial charge is 0.318 e. The molecule has 0 bridgehead atoms. The molecule has 22 heavy (non-hydrogen) atoms. The topological polar surface area (TPSA) is 32.3 Å². The first-order valence-electron chi connectivity index (χ1n) is 7.29. The van der Waals surface area contributed by atoms with E-state index < -0.39 is 0 Å². The van der Waals surface area contributed by atoms with Crippen molar-refractivity contribution in [2.75, 3.05) is 6.54 Å². The normalized spacial score (nSPS) is 11.3. The summed E-state index contributed by atoms with van der Waals surface area (Å²) in [5.41, 5.74) is 2.18. The number of benzene rings is 2. The first-order valence-corrected chi connectivity index (χ1v) is 7.29. The highest BCUT2D eigenvalue weighted by Gasteiger charge is 2.21. The minimum absolute atomic E-state index is 0.0424. The number of nitrogens with one attached hydrogen (secondary N) is 1. The van der Waals surface area contributed by atoms with E-state index in [1.54, 1.807) is 4.90 Å². The standard InChI is InChI=1S/C19H20N2O/c1-3-14-20-19(22)21(15-17-10-6-4-7-11-17)16(2)18-12-8-5-9-13-18/h1,4-13,16H,14-15H2,2H3,(H,20,22)/t16-/m1/s1. The fraction of sp³-hybridized carbons (Fsp3) is 0.211. The molecule has 0 aliphatic heterocycles. The first kappa shape index (κ1) is 15.7. The van der Waals surface area contributed by atoms with Crippen LogP contribution in [0.4, 0.5) is 4.79 Å². The number of urea groups is 1. The van der Waals surface area contributed by atoms with Gasteiger partial charge in [0, 0.05) is 6.54 Å². The molecular formula is C19H20N2O. The van der Waals surface area contributed by atoms with Crippen molar-refractivity contribution in [3.8, 4) is 12.3 Å². The summed E-state index contributed by atoms with van der Waals surface area (Å²) in [5, 5.41) is 2.75. The molecule has 3 nitrogen and oxygen atoms in total. The van der Waals surface area contributed by atoms with Crippen molar-refractivity contribution in [2.45, 2.75) is 19.5 Å². The molecule has 0 saturated heterocycles. The number of rotatable bonds is 5.